The number of hydrogen-bond acceptors (Lipinski definition) is 3. The average molecular weight is 254 g/mol. The Morgan fingerprint density at radius 3 is 2.56 bits per heavy atom. The third-order valence-electron chi connectivity index (χ3n) is 5.04. The summed E-state index contributed by atoms with van der Waals surface area (Å²) in [5.74, 6) is 0. The second-order valence-corrected chi connectivity index (χ2v) is 6.66. The molecule has 3 nitrogen and oxygen atoms in total. The van der Waals surface area contributed by atoms with E-state index in [0.29, 0.717) is 10.8 Å². The number of piperidine rings is 1. The van der Waals surface area contributed by atoms with Crippen LogP contribution in [-0.2, 0) is 4.74 Å². The van der Waals surface area contributed by atoms with E-state index in [1.54, 1.807) is 0 Å². The molecular formula is C15H30N2O. The quantitative estimate of drug-likeness (QED) is 0.789. The molecule has 2 heterocycles. The molecule has 0 aromatic rings. The zero-order valence-corrected chi connectivity index (χ0v) is 12.2. The maximum absolute atomic E-state index is 5.50. The third-order valence-corrected chi connectivity index (χ3v) is 5.04. The molecule has 2 fully saturated rings. The Labute approximate surface area is 112 Å². The maximum atomic E-state index is 5.50. The predicted octanol–water partition coefficient (Wildman–Crippen LogP) is 2.17. The molecule has 106 valence electrons. The highest BCUT2D eigenvalue weighted by Gasteiger charge is 2.32. The summed E-state index contributed by atoms with van der Waals surface area (Å²) in [6.45, 7) is 11.3. The smallest absolute Gasteiger partial charge is 0.0471 e. The lowest BCUT2D eigenvalue weighted by Gasteiger charge is -2.39. The number of hydrogen-bond donors (Lipinski definition) is 2. The van der Waals surface area contributed by atoms with Crippen LogP contribution in [0, 0.1) is 10.8 Å². The third kappa shape index (κ3) is 3.69. The van der Waals surface area contributed by atoms with Gasteiger partial charge in [0.25, 0.3) is 0 Å². The molecule has 1 atom stereocenters. The van der Waals surface area contributed by atoms with Gasteiger partial charge >= 0.3 is 0 Å². The van der Waals surface area contributed by atoms with Gasteiger partial charge in [0.2, 0.25) is 0 Å². The predicted molar refractivity (Wildman–Crippen MR) is 75.9 cm³/mol. The standard InChI is InChI=1S/C15H30N2O/c1-3-15(6-9-18-10-7-15)13-17-12-14(2)5-4-8-16-11-14/h16-17H,3-13H2,1-2H3. The van der Waals surface area contributed by atoms with Crippen molar-refractivity contribution >= 4 is 0 Å². The molecule has 0 aromatic heterocycles. The maximum Gasteiger partial charge on any atom is 0.0471 e. The van der Waals surface area contributed by atoms with Crippen molar-refractivity contribution in [3.63, 3.8) is 0 Å². The monoisotopic (exact) mass is 254 g/mol. The van der Waals surface area contributed by atoms with Gasteiger partial charge in [0.15, 0.2) is 0 Å². The van der Waals surface area contributed by atoms with Gasteiger partial charge in [0.1, 0.15) is 0 Å². The van der Waals surface area contributed by atoms with Crippen molar-refractivity contribution in [1.29, 1.82) is 0 Å². The van der Waals surface area contributed by atoms with Crippen LogP contribution < -0.4 is 10.6 Å². The summed E-state index contributed by atoms with van der Waals surface area (Å²) in [5.41, 5.74) is 0.953. The lowest BCUT2D eigenvalue weighted by atomic mass is 9.77. The van der Waals surface area contributed by atoms with Crippen LogP contribution in [0.15, 0.2) is 0 Å². The fraction of sp³-hybridized carbons (Fsp3) is 1.00. The molecule has 3 heteroatoms. The summed E-state index contributed by atoms with van der Waals surface area (Å²) >= 11 is 0. The molecule has 0 radical (unpaired) electrons. The lowest BCUT2D eigenvalue weighted by molar-refractivity contribution is 0.0114. The number of nitrogens with one attached hydrogen (secondary N) is 2. The minimum absolute atomic E-state index is 0.457. The van der Waals surface area contributed by atoms with Crippen molar-refractivity contribution in [2.45, 2.75) is 46.0 Å². The summed E-state index contributed by atoms with van der Waals surface area (Å²) in [7, 11) is 0. The molecular weight excluding hydrogens is 224 g/mol. The Morgan fingerprint density at radius 1 is 1.17 bits per heavy atom. The molecule has 0 amide bonds. The summed E-state index contributed by atoms with van der Waals surface area (Å²) in [6, 6.07) is 0. The van der Waals surface area contributed by atoms with E-state index in [9.17, 15) is 0 Å². The zero-order valence-electron chi connectivity index (χ0n) is 12.2. The normalized spacial score (nSPS) is 32.3. The van der Waals surface area contributed by atoms with Gasteiger partial charge in [-0.15, -0.1) is 0 Å². The van der Waals surface area contributed by atoms with Crippen LogP contribution >= 0.6 is 0 Å². The van der Waals surface area contributed by atoms with E-state index in [-0.39, 0.29) is 0 Å². The lowest BCUT2D eigenvalue weighted by Crippen LogP contribution is -2.47. The van der Waals surface area contributed by atoms with Crippen molar-refractivity contribution in [2.75, 3.05) is 39.4 Å². The SMILES string of the molecule is CCC1(CNCC2(C)CCCNC2)CCOCC1. The topological polar surface area (TPSA) is 33.3 Å². The van der Waals surface area contributed by atoms with E-state index in [1.807, 2.05) is 0 Å². The molecule has 18 heavy (non-hydrogen) atoms. The largest absolute Gasteiger partial charge is 0.381 e. The van der Waals surface area contributed by atoms with E-state index < -0.39 is 0 Å². The number of ether oxygens (including phenoxy) is 1. The fourth-order valence-corrected chi connectivity index (χ4v) is 3.36. The van der Waals surface area contributed by atoms with Gasteiger partial charge in [-0.2, -0.15) is 0 Å². The summed E-state index contributed by atoms with van der Waals surface area (Å²) in [4.78, 5) is 0. The van der Waals surface area contributed by atoms with Gasteiger partial charge in [-0.3, -0.25) is 0 Å². The second-order valence-electron chi connectivity index (χ2n) is 6.66. The molecule has 0 bridgehead atoms. The van der Waals surface area contributed by atoms with Crippen molar-refractivity contribution in [3.8, 4) is 0 Å². The summed E-state index contributed by atoms with van der Waals surface area (Å²) in [5, 5.41) is 7.29. The highest BCUT2D eigenvalue weighted by atomic mass is 16.5. The van der Waals surface area contributed by atoms with Crippen LogP contribution in [0.25, 0.3) is 0 Å². The van der Waals surface area contributed by atoms with Crippen molar-refractivity contribution in [2.24, 2.45) is 10.8 Å². The van der Waals surface area contributed by atoms with E-state index in [4.69, 9.17) is 4.74 Å². The molecule has 1 unspecified atom stereocenters. The van der Waals surface area contributed by atoms with Crippen LogP contribution in [0.4, 0.5) is 0 Å². The van der Waals surface area contributed by atoms with Gasteiger partial charge in [-0.1, -0.05) is 13.8 Å². The molecule has 2 rings (SSSR count). The van der Waals surface area contributed by atoms with Crippen LogP contribution in [0.3, 0.4) is 0 Å². The Hall–Kier alpha value is -0.120. The zero-order chi connectivity index (χ0) is 12.9. The molecule has 2 aliphatic heterocycles. The van der Waals surface area contributed by atoms with Crippen LogP contribution in [0.5, 0.6) is 0 Å². The highest BCUT2D eigenvalue weighted by molar-refractivity contribution is 4.87. The van der Waals surface area contributed by atoms with Crippen molar-refractivity contribution in [1.82, 2.24) is 10.6 Å². The number of rotatable bonds is 5. The molecule has 2 saturated heterocycles. The first kappa shape index (κ1) is 14.3. The molecule has 2 N–H and O–H groups in total. The highest BCUT2D eigenvalue weighted by Crippen LogP contribution is 2.33. The van der Waals surface area contributed by atoms with Crippen molar-refractivity contribution in [3.05, 3.63) is 0 Å². The van der Waals surface area contributed by atoms with E-state index in [0.717, 1.165) is 19.8 Å². The molecule has 0 aromatic carbocycles. The Morgan fingerprint density at radius 2 is 1.94 bits per heavy atom. The minimum atomic E-state index is 0.457. The average Bonchev–Trinajstić information content (AvgIpc) is 2.40. The van der Waals surface area contributed by atoms with Gasteiger partial charge in [0.05, 0.1) is 0 Å². The summed E-state index contributed by atoms with van der Waals surface area (Å²) < 4.78 is 5.50. The molecule has 2 aliphatic rings. The van der Waals surface area contributed by atoms with E-state index >= 15 is 0 Å². The van der Waals surface area contributed by atoms with E-state index in [2.05, 4.69) is 24.5 Å². The molecule has 0 aliphatic carbocycles. The van der Waals surface area contributed by atoms with Crippen LogP contribution in [-0.4, -0.2) is 39.4 Å². The van der Waals surface area contributed by atoms with Gasteiger partial charge < -0.3 is 15.4 Å². The van der Waals surface area contributed by atoms with E-state index in [1.165, 1.54) is 51.7 Å². The van der Waals surface area contributed by atoms with Gasteiger partial charge in [0, 0.05) is 32.8 Å². The Kier molecular flexibility index (Phi) is 5.05. The van der Waals surface area contributed by atoms with Crippen LogP contribution in [0.1, 0.15) is 46.0 Å². The first-order chi connectivity index (χ1) is 8.68. The second kappa shape index (κ2) is 6.36. The van der Waals surface area contributed by atoms with Crippen LogP contribution in [0.2, 0.25) is 0 Å². The van der Waals surface area contributed by atoms with Gasteiger partial charge in [-0.05, 0) is 49.5 Å². The molecule has 0 spiro atoms. The Bertz CT molecular complexity index is 243. The molecule has 0 saturated carbocycles. The summed E-state index contributed by atoms with van der Waals surface area (Å²) in [6.07, 6.45) is 6.41. The fourth-order valence-electron chi connectivity index (χ4n) is 3.36. The van der Waals surface area contributed by atoms with Gasteiger partial charge in [-0.25, -0.2) is 0 Å². The Balaban J connectivity index is 1.75. The minimum Gasteiger partial charge on any atom is -0.381 e. The first-order valence-corrected chi connectivity index (χ1v) is 7.67. The first-order valence-electron chi connectivity index (χ1n) is 7.67. The van der Waals surface area contributed by atoms with Crippen molar-refractivity contribution < 1.29 is 4.74 Å².